The van der Waals surface area contributed by atoms with Crippen molar-refractivity contribution in [3.05, 3.63) is 137 Å². The van der Waals surface area contributed by atoms with Crippen molar-refractivity contribution in [2.24, 2.45) is 0 Å². The first-order valence-electron chi connectivity index (χ1n) is 10.9. The molecule has 3 aromatic carbocycles. The average molecular weight is 433 g/mol. The highest BCUT2D eigenvalue weighted by Gasteiger charge is 2.38. The molecule has 0 aliphatic carbocycles. The van der Waals surface area contributed by atoms with Crippen LogP contribution >= 0.6 is 0 Å². The predicted octanol–water partition coefficient (Wildman–Crippen LogP) is 5.71. The molecule has 0 N–H and O–H groups in total. The van der Waals surface area contributed by atoms with Crippen molar-refractivity contribution in [2.45, 2.75) is 18.8 Å². The van der Waals surface area contributed by atoms with Crippen LogP contribution in [0.2, 0.25) is 0 Å². The Morgan fingerprint density at radius 3 is 2.03 bits per heavy atom. The Balaban J connectivity index is 1.98. The Bertz CT molecular complexity index is 1220. The van der Waals surface area contributed by atoms with Crippen molar-refractivity contribution in [3.63, 3.8) is 0 Å². The van der Waals surface area contributed by atoms with Crippen LogP contribution in [0.25, 0.3) is 0 Å². The summed E-state index contributed by atoms with van der Waals surface area (Å²) in [6.07, 6.45) is 2.66. The first-order valence-corrected chi connectivity index (χ1v) is 10.9. The summed E-state index contributed by atoms with van der Waals surface area (Å²) in [6, 6.07) is 34.7. The van der Waals surface area contributed by atoms with Crippen LogP contribution in [0.1, 0.15) is 45.2 Å². The lowest BCUT2D eigenvalue weighted by molar-refractivity contribution is 0.0548. The highest BCUT2D eigenvalue weighted by molar-refractivity contribution is 5.87. The fourth-order valence-electron chi connectivity index (χ4n) is 4.31. The van der Waals surface area contributed by atoms with Gasteiger partial charge in [0, 0.05) is 6.20 Å². The van der Waals surface area contributed by atoms with E-state index >= 15 is 0 Å². The molecule has 0 atom stereocenters. The zero-order valence-corrected chi connectivity index (χ0v) is 18.4. The molecule has 0 amide bonds. The van der Waals surface area contributed by atoms with Gasteiger partial charge in [-0.3, -0.25) is 0 Å². The van der Waals surface area contributed by atoms with Gasteiger partial charge in [0.25, 0.3) is 0 Å². The van der Waals surface area contributed by atoms with Gasteiger partial charge in [-0.1, -0.05) is 97.9 Å². The molecule has 0 fully saturated rings. The van der Waals surface area contributed by atoms with Gasteiger partial charge in [0.1, 0.15) is 11.8 Å². The van der Waals surface area contributed by atoms with E-state index in [1.54, 1.807) is 12.3 Å². The molecule has 0 saturated heterocycles. The maximum Gasteiger partial charge on any atom is 0.357 e. The standard InChI is InChI=1S/C29H24N2O2/c1-2-22-10-9-15-25(20-22)29(23-11-5-3-6-12-23,24-13-7-4-8-14-24)26-16-17-27(31-21-26)28(32)33-19-18-30/h3-17,20-21H,2,19H2,1H3. The first kappa shape index (κ1) is 22.0. The zero-order valence-electron chi connectivity index (χ0n) is 18.4. The molecular weight excluding hydrogens is 408 g/mol. The highest BCUT2D eigenvalue weighted by Crippen LogP contribution is 2.45. The van der Waals surface area contributed by atoms with Gasteiger partial charge in [-0.15, -0.1) is 0 Å². The van der Waals surface area contributed by atoms with Crippen LogP contribution in [0.4, 0.5) is 0 Å². The van der Waals surface area contributed by atoms with Gasteiger partial charge in [0.05, 0.1) is 5.41 Å². The van der Waals surface area contributed by atoms with Crippen molar-refractivity contribution < 1.29 is 9.53 Å². The summed E-state index contributed by atoms with van der Waals surface area (Å²) < 4.78 is 4.92. The lowest BCUT2D eigenvalue weighted by atomic mass is 9.65. The normalized spacial score (nSPS) is 10.9. The van der Waals surface area contributed by atoms with E-state index in [0.29, 0.717) is 0 Å². The van der Waals surface area contributed by atoms with E-state index in [-0.39, 0.29) is 12.3 Å². The molecule has 1 heterocycles. The lowest BCUT2D eigenvalue weighted by Crippen LogP contribution is -2.31. The number of carbonyl (C=O) groups is 1. The third kappa shape index (κ3) is 4.26. The van der Waals surface area contributed by atoms with Gasteiger partial charge in [-0.05, 0) is 40.3 Å². The van der Waals surface area contributed by atoms with Crippen LogP contribution in [-0.2, 0) is 16.6 Å². The number of rotatable bonds is 7. The van der Waals surface area contributed by atoms with Crippen molar-refractivity contribution in [1.82, 2.24) is 4.98 Å². The molecular formula is C29H24N2O2. The highest BCUT2D eigenvalue weighted by atomic mass is 16.5. The minimum Gasteiger partial charge on any atom is -0.446 e. The second-order valence-electron chi connectivity index (χ2n) is 7.70. The molecule has 0 bridgehead atoms. The molecule has 1 aromatic heterocycles. The molecule has 0 radical (unpaired) electrons. The Labute approximate surface area is 194 Å². The smallest absolute Gasteiger partial charge is 0.357 e. The summed E-state index contributed by atoms with van der Waals surface area (Å²) in [5, 5.41) is 8.69. The monoisotopic (exact) mass is 432 g/mol. The summed E-state index contributed by atoms with van der Waals surface area (Å²) >= 11 is 0. The van der Waals surface area contributed by atoms with E-state index in [0.717, 1.165) is 28.7 Å². The van der Waals surface area contributed by atoms with E-state index in [4.69, 9.17) is 10.00 Å². The minimum absolute atomic E-state index is 0.173. The second kappa shape index (κ2) is 9.93. The summed E-state index contributed by atoms with van der Waals surface area (Å²) in [6.45, 7) is 1.85. The van der Waals surface area contributed by atoms with Gasteiger partial charge in [0.15, 0.2) is 6.61 Å². The van der Waals surface area contributed by atoms with Gasteiger partial charge < -0.3 is 4.74 Å². The number of aryl methyl sites for hydroxylation is 1. The molecule has 4 rings (SSSR count). The van der Waals surface area contributed by atoms with E-state index < -0.39 is 11.4 Å². The number of carbonyl (C=O) groups excluding carboxylic acids is 1. The number of hydrogen-bond donors (Lipinski definition) is 0. The van der Waals surface area contributed by atoms with E-state index in [9.17, 15) is 4.79 Å². The van der Waals surface area contributed by atoms with Gasteiger partial charge in [0.2, 0.25) is 0 Å². The maximum absolute atomic E-state index is 12.2. The molecule has 0 spiro atoms. The Kier molecular flexibility index (Phi) is 6.61. The number of nitriles is 1. The summed E-state index contributed by atoms with van der Waals surface area (Å²) in [4.78, 5) is 16.7. The van der Waals surface area contributed by atoms with Crippen LogP contribution in [-0.4, -0.2) is 17.6 Å². The third-order valence-corrected chi connectivity index (χ3v) is 5.86. The molecule has 0 aliphatic heterocycles. The van der Waals surface area contributed by atoms with Gasteiger partial charge in [-0.2, -0.15) is 5.26 Å². The van der Waals surface area contributed by atoms with Crippen LogP contribution in [0.5, 0.6) is 0 Å². The van der Waals surface area contributed by atoms with Crippen molar-refractivity contribution in [3.8, 4) is 6.07 Å². The molecule has 4 aromatic rings. The molecule has 0 saturated carbocycles. The predicted molar refractivity (Wildman–Crippen MR) is 128 cm³/mol. The Morgan fingerprint density at radius 2 is 1.48 bits per heavy atom. The average Bonchev–Trinajstić information content (AvgIpc) is 2.89. The molecule has 4 nitrogen and oxygen atoms in total. The third-order valence-electron chi connectivity index (χ3n) is 5.86. The number of hydrogen-bond acceptors (Lipinski definition) is 4. The minimum atomic E-state index is -0.629. The second-order valence-corrected chi connectivity index (χ2v) is 7.70. The molecule has 0 unspecified atom stereocenters. The van der Waals surface area contributed by atoms with Crippen molar-refractivity contribution in [1.29, 1.82) is 5.26 Å². The maximum atomic E-state index is 12.2. The first-order chi connectivity index (χ1) is 16.2. The summed E-state index contributed by atoms with van der Waals surface area (Å²) in [5.41, 5.74) is 5.05. The Morgan fingerprint density at radius 1 is 0.848 bits per heavy atom. The molecule has 33 heavy (non-hydrogen) atoms. The number of benzene rings is 3. The fraction of sp³-hybridized carbons (Fsp3) is 0.138. The van der Waals surface area contributed by atoms with E-state index in [2.05, 4.69) is 60.4 Å². The summed E-state index contributed by atoms with van der Waals surface area (Å²) in [7, 11) is 0. The van der Waals surface area contributed by atoms with Crippen LogP contribution in [0, 0.1) is 11.3 Å². The number of pyridine rings is 1. The topological polar surface area (TPSA) is 63.0 Å². The quantitative estimate of drug-likeness (QED) is 0.277. The molecule has 0 aliphatic rings. The SMILES string of the molecule is CCc1cccc(C(c2ccccc2)(c2ccccc2)c2ccc(C(=O)OCC#N)nc2)c1. The lowest BCUT2D eigenvalue weighted by Gasteiger charge is -2.36. The Hall–Kier alpha value is -4.23. The molecule has 162 valence electrons. The van der Waals surface area contributed by atoms with Crippen LogP contribution < -0.4 is 0 Å². The van der Waals surface area contributed by atoms with E-state index in [1.807, 2.05) is 48.5 Å². The van der Waals surface area contributed by atoms with Gasteiger partial charge >= 0.3 is 5.97 Å². The number of aromatic nitrogens is 1. The van der Waals surface area contributed by atoms with Crippen LogP contribution in [0.3, 0.4) is 0 Å². The zero-order chi connectivity index (χ0) is 23.1. The summed E-state index contributed by atoms with van der Waals surface area (Å²) in [5.74, 6) is -0.610. The number of ether oxygens (including phenoxy) is 1. The largest absolute Gasteiger partial charge is 0.446 e. The van der Waals surface area contributed by atoms with Crippen LogP contribution in [0.15, 0.2) is 103 Å². The van der Waals surface area contributed by atoms with E-state index in [1.165, 1.54) is 5.56 Å². The van der Waals surface area contributed by atoms with Crippen molar-refractivity contribution >= 4 is 5.97 Å². The number of nitrogens with zero attached hydrogens (tertiary/aromatic N) is 2. The van der Waals surface area contributed by atoms with Crippen molar-refractivity contribution in [2.75, 3.05) is 6.61 Å². The molecule has 4 heteroatoms. The number of esters is 1. The van der Waals surface area contributed by atoms with Gasteiger partial charge in [-0.25, -0.2) is 9.78 Å². The fourth-order valence-corrected chi connectivity index (χ4v) is 4.31.